The molecule has 1 spiro atoms. The molecule has 0 unspecified atom stereocenters. The zero-order chi connectivity index (χ0) is 25.7. The average molecular weight is 505 g/mol. The van der Waals surface area contributed by atoms with Gasteiger partial charge in [0.1, 0.15) is 23.9 Å². The lowest BCUT2D eigenvalue weighted by atomic mass is 9.77. The van der Waals surface area contributed by atoms with E-state index in [4.69, 9.17) is 23.7 Å². The number of benzene rings is 3. The van der Waals surface area contributed by atoms with Gasteiger partial charge in [0, 0.05) is 6.42 Å². The Labute approximate surface area is 219 Å². The molecule has 1 saturated heterocycles. The van der Waals surface area contributed by atoms with Crippen molar-refractivity contribution in [3.8, 4) is 0 Å². The highest BCUT2D eigenvalue weighted by Gasteiger charge is 2.61. The molecule has 1 aliphatic heterocycles. The molecular weight excluding hydrogens is 468 g/mol. The summed E-state index contributed by atoms with van der Waals surface area (Å²) in [6.45, 7) is 5.17. The van der Waals surface area contributed by atoms with Gasteiger partial charge in [-0.05, 0) is 30.5 Å². The summed E-state index contributed by atoms with van der Waals surface area (Å²) >= 11 is 0. The van der Waals surface area contributed by atoms with Crippen molar-refractivity contribution in [1.29, 1.82) is 0 Å². The fourth-order valence-corrected chi connectivity index (χ4v) is 5.29. The molecule has 6 heteroatoms. The second-order valence-corrected chi connectivity index (χ2v) is 10.4. The van der Waals surface area contributed by atoms with Crippen LogP contribution < -0.4 is 0 Å². The van der Waals surface area contributed by atoms with Crippen LogP contribution in [0.4, 0.5) is 0 Å². The second kappa shape index (κ2) is 11.4. The Morgan fingerprint density at radius 2 is 1.16 bits per heavy atom. The van der Waals surface area contributed by atoms with Crippen molar-refractivity contribution in [2.45, 2.75) is 75.9 Å². The van der Waals surface area contributed by atoms with Crippen molar-refractivity contribution >= 4 is 0 Å². The van der Waals surface area contributed by atoms with Gasteiger partial charge in [-0.2, -0.15) is 0 Å². The Bertz CT molecular complexity index is 1110. The average Bonchev–Trinajstić information content (AvgIpc) is 3.22. The van der Waals surface area contributed by atoms with E-state index < -0.39 is 35.8 Å². The van der Waals surface area contributed by atoms with E-state index in [1.807, 2.05) is 105 Å². The van der Waals surface area contributed by atoms with Crippen molar-refractivity contribution in [3.63, 3.8) is 0 Å². The van der Waals surface area contributed by atoms with Gasteiger partial charge >= 0.3 is 0 Å². The molecule has 2 fully saturated rings. The minimum Gasteiger partial charge on any atom is -0.390 e. The quantitative estimate of drug-likeness (QED) is 0.441. The molecule has 196 valence electrons. The fraction of sp³-hybridized carbons (Fsp3) is 0.419. The molecule has 3 aromatic carbocycles. The molecule has 0 aromatic heterocycles. The summed E-state index contributed by atoms with van der Waals surface area (Å²) in [6, 6.07) is 30.0. The maximum absolute atomic E-state index is 11.4. The summed E-state index contributed by atoms with van der Waals surface area (Å²) in [5, 5.41) is 11.4. The van der Waals surface area contributed by atoms with E-state index in [0.29, 0.717) is 32.8 Å². The van der Waals surface area contributed by atoms with Crippen LogP contribution in [-0.4, -0.2) is 47.5 Å². The lowest BCUT2D eigenvalue weighted by Crippen LogP contribution is -2.66. The lowest BCUT2D eigenvalue weighted by molar-refractivity contribution is -0.278. The normalized spacial score (nSPS) is 28.9. The third-order valence-electron chi connectivity index (χ3n) is 7.03. The van der Waals surface area contributed by atoms with Gasteiger partial charge in [-0.15, -0.1) is 0 Å². The number of ether oxygens (including phenoxy) is 5. The van der Waals surface area contributed by atoms with E-state index in [-0.39, 0.29) is 0 Å². The molecule has 0 radical (unpaired) electrons. The van der Waals surface area contributed by atoms with E-state index >= 15 is 0 Å². The van der Waals surface area contributed by atoms with Crippen LogP contribution in [0.2, 0.25) is 0 Å². The molecule has 0 amide bonds. The largest absolute Gasteiger partial charge is 0.390 e. The standard InChI is InChI=1S/C31H36O6/c1-30(2)36-22-31(37-30)18-26(32)27(33-19-23-12-6-3-7-13-23)28(34-20-24-14-8-4-9-15-24)29(31)35-21-25-16-10-5-11-17-25/h3-17,26-29,32H,18-22H2,1-2H3/t26-,27-,28+,29-,31-/m0/s1. The van der Waals surface area contributed by atoms with Crippen LogP contribution in [0, 0.1) is 0 Å². The first-order valence-electron chi connectivity index (χ1n) is 12.9. The maximum Gasteiger partial charge on any atom is 0.163 e. The van der Waals surface area contributed by atoms with Gasteiger partial charge in [-0.25, -0.2) is 0 Å². The number of aliphatic hydroxyl groups is 1. The van der Waals surface area contributed by atoms with E-state index in [1.54, 1.807) is 0 Å². The Balaban J connectivity index is 1.44. The van der Waals surface area contributed by atoms with Crippen LogP contribution >= 0.6 is 0 Å². The molecule has 2 aliphatic rings. The summed E-state index contributed by atoms with van der Waals surface area (Å²) in [5.41, 5.74) is 2.24. The van der Waals surface area contributed by atoms with Gasteiger partial charge in [0.2, 0.25) is 0 Å². The maximum atomic E-state index is 11.4. The molecule has 37 heavy (non-hydrogen) atoms. The van der Waals surface area contributed by atoms with E-state index in [1.165, 1.54) is 0 Å². The molecule has 0 bridgehead atoms. The minimum atomic E-state index is -0.869. The zero-order valence-corrected chi connectivity index (χ0v) is 21.5. The third-order valence-corrected chi connectivity index (χ3v) is 7.03. The van der Waals surface area contributed by atoms with Gasteiger partial charge < -0.3 is 28.8 Å². The SMILES string of the molecule is CC1(C)OC[C@]2(C[C@H](O)[C@H](OCc3ccccc3)[C@@H](OCc3ccccc3)[C@@H]2OCc2ccccc2)O1. The number of hydrogen-bond donors (Lipinski definition) is 1. The van der Waals surface area contributed by atoms with Gasteiger partial charge in [-0.1, -0.05) is 91.0 Å². The Kier molecular flexibility index (Phi) is 8.05. The van der Waals surface area contributed by atoms with Crippen LogP contribution in [0.5, 0.6) is 0 Å². The third kappa shape index (κ3) is 6.29. The van der Waals surface area contributed by atoms with Gasteiger partial charge in [0.25, 0.3) is 0 Å². The predicted octanol–water partition coefficient (Wildman–Crippen LogP) is 5.03. The van der Waals surface area contributed by atoms with Crippen molar-refractivity contribution in [3.05, 3.63) is 108 Å². The van der Waals surface area contributed by atoms with Crippen LogP contribution in [0.3, 0.4) is 0 Å². The molecule has 5 atom stereocenters. The summed E-state index contributed by atoms with van der Waals surface area (Å²) < 4.78 is 32.1. The van der Waals surface area contributed by atoms with Crippen molar-refractivity contribution in [2.75, 3.05) is 6.61 Å². The summed E-state index contributed by atoms with van der Waals surface area (Å²) in [4.78, 5) is 0. The van der Waals surface area contributed by atoms with Crippen molar-refractivity contribution < 1.29 is 28.8 Å². The summed E-state index contributed by atoms with van der Waals surface area (Å²) in [7, 11) is 0. The smallest absolute Gasteiger partial charge is 0.163 e. The molecule has 6 nitrogen and oxygen atoms in total. The highest BCUT2D eigenvalue weighted by Crippen LogP contribution is 2.45. The van der Waals surface area contributed by atoms with Crippen molar-refractivity contribution in [1.82, 2.24) is 0 Å². The van der Waals surface area contributed by atoms with Crippen LogP contribution in [0.1, 0.15) is 37.0 Å². The van der Waals surface area contributed by atoms with Crippen molar-refractivity contribution in [2.24, 2.45) is 0 Å². The molecule has 1 N–H and O–H groups in total. The molecule has 1 aliphatic carbocycles. The molecule has 1 saturated carbocycles. The minimum absolute atomic E-state index is 0.299. The highest BCUT2D eigenvalue weighted by molar-refractivity contribution is 5.17. The highest BCUT2D eigenvalue weighted by atomic mass is 16.8. The molecule has 3 aromatic rings. The first-order chi connectivity index (χ1) is 17.9. The lowest BCUT2D eigenvalue weighted by Gasteiger charge is -2.49. The van der Waals surface area contributed by atoms with Gasteiger partial charge in [-0.3, -0.25) is 0 Å². The Morgan fingerprint density at radius 3 is 1.62 bits per heavy atom. The number of rotatable bonds is 9. The number of hydrogen-bond acceptors (Lipinski definition) is 6. The van der Waals surface area contributed by atoms with Crippen LogP contribution in [-0.2, 0) is 43.5 Å². The first-order valence-corrected chi connectivity index (χ1v) is 12.9. The Hall–Kier alpha value is -2.58. The second-order valence-electron chi connectivity index (χ2n) is 10.4. The predicted molar refractivity (Wildman–Crippen MR) is 140 cm³/mol. The van der Waals surface area contributed by atoms with Gasteiger partial charge in [0.15, 0.2) is 5.79 Å². The summed E-state index contributed by atoms with van der Waals surface area (Å²) in [6.07, 6.45) is -2.22. The van der Waals surface area contributed by atoms with E-state index in [0.717, 1.165) is 16.7 Å². The monoisotopic (exact) mass is 504 g/mol. The fourth-order valence-electron chi connectivity index (χ4n) is 5.29. The number of aliphatic hydroxyl groups excluding tert-OH is 1. The Morgan fingerprint density at radius 1 is 0.703 bits per heavy atom. The van der Waals surface area contributed by atoms with Crippen LogP contribution in [0.25, 0.3) is 0 Å². The summed E-state index contributed by atoms with van der Waals surface area (Å²) in [5.74, 6) is -0.796. The molecular formula is C31H36O6. The van der Waals surface area contributed by atoms with Gasteiger partial charge in [0.05, 0.1) is 32.5 Å². The van der Waals surface area contributed by atoms with E-state index in [2.05, 4.69) is 0 Å². The zero-order valence-electron chi connectivity index (χ0n) is 21.5. The van der Waals surface area contributed by atoms with Crippen LogP contribution in [0.15, 0.2) is 91.0 Å². The molecule has 1 heterocycles. The molecule has 5 rings (SSSR count). The first kappa shape index (κ1) is 26.0. The topological polar surface area (TPSA) is 66.4 Å². The van der Waals surface area contributed by atoms with E-state index in [9.17, 15) is 5.11 Å².